The van der Waals surface area contributed by atoms with Crippen LogP contribution in [0.4, 0.5) is 0 Å². The molecule has 20 heavy (non-hydrogen) atoms. The molecular formula is C13H21Cl2N3OS. The third-order valence-electron chi connectivity index (χ3n) is 3.24. The molecule has 0 saturated carbocycles. The van der Waals surface area contributed by atoms with Gasteiger partial charge in [0.2, 0.25) is 5.91 Å². The second-order valence-corrected chi connectivity index (χ2v) is 6.63. The summed E-state index contributed by atoms with van der Waals surface area (Å²) in [7, 11) is 1.85. The highest BCUT2D eigenvalue weighted by Gasteiger charge is 2.16. The van der Waals surface area contributed by atoms with Gasteiger partial charge in [0.15, 0.2) is 0 Å². The molecule has 7 heteroatoms. The van der Waals surface area contributed by atoms with Crippen LogP contribution in [0.3, 0.4) is 0 Å². The SMILES string of the molecule is CN(Cc1ccc(Cl)s1)C(=O)CN1CCCNCC1.Cl. The van der Waals surface area contributed by atoms with Gasteiger partial charge in [-0.05, 0) is 31.6 Å². The van der Waals surface area contributed by atoms with Gasteiger partial charge in [0.25, 0.3) is 0 Å². The van der Waals surface area contributed by atoms with Crippen LogP contribution < -0.4 is 5.32 Å². The van der Waals surface area contributed by atoms with E-state index in [9.17, 15) is 4.79 Å². The zero-order valence-electron chi connectivity index (χ0n) is 11.6. The molecule has 0 bridgehead atoms. The number of hydrogen-bond acceptors (Lipinski definition) is 4. The topological polar surface area (TPSA) is 35.6 Å². The van der Waals surface area contributed by atoms with Crippen molar-refractivity contribution in [2.45, 2.75) is 13.0 Å². The van der Waals surface area contributed by atoms with E-state index in [1.807, 2.05) is 19.2 Å². The number of thiophene rings is 1. The molecular weight excluding hydrogens is 317 g/mol. The van der Waals surface area contributed by atoms with Crippen LogP contribution in [0.25, 0.3) is 0 Å². The van der Waals surface area contributed by atoms with Crippen molar-refractivity contribution in [3.05, 3.63) is 21.3 Å². The minimum atomic E-state index is 0. The predicted octanol–water partition coefficient (Wildman–Crippen LogP) is 2.08. The first-order valence-electron chi connectivity index (χ1n) is 6.56. The van der Waals surface area contributed by atoms with Crippen molar-refractivity contribution in [3.8, 4) is 0 Å². The van der Waals surface area contributed by atoms with E-state index in [1.165, 1.54) is 11.3 Å². The first-order chi connectivity index (χ1) is 9.15. The van der Waals surface area contributed by atoms with Gasteiger partial charge < -0.3 is 10.2 Å². The van der Waals surface area contributed by atoms with Crippen molar-refractivity contribution in [3.63, 3.8) is 0 Å². The van der Waals surface area contributed by atoms with Crippen LogP contribution in [0.5, 0.6) is 0 Å². The molecule has 1 aliphatic heterocycles. The summed E-state index contributed by atoms with van der Waals surface area (Å²) >= 11 is 7.43. The van der Waals surface area contributed by atoms with Crippen molar-refractivity contribution in [2.24, 2.45) is 0 Å². The third kappa shape index (κ3) is 5.58. The van der Waals surface area contributed by atoms with Gasteiger partial charge in [-0.2, -0.15) is 0 Å². The molecule has 0 unspecified atom stereocenters. The number of halogens is 2. The van der Waals surface area contributed by atoms with Crippen molar-refractivity contribution in [1.29, 1.82) is 0 Å². The number of carbonyl (C=O) groups excluding carboxylic acids is 1. The maximum atomic E-state index is 12.2. The summed E-state index contributed by atoms with van der Waals surface area (Å²) in [6.45, 7) is 5.12. The second kappa shape index (κ2) is 8.85. The Labute approximate surface area is 135 Å². The van der Waals surface area contributed by atoms with E-state index in [0.717, 1.165) is 41.8 Å². The molecule has 0 aliphatic carbocycles. The Morgan fingerprint density at radius 2 is 2.25 bits per heavy atom. The zero-order chi connectivity index (χ0) is 13.7. The maximum Gasteiger partial charge on any atom is 0.236 e. The lowest BCUT2D eigenvalue weighted by molar-refractivity contribution is -0.131. The number of hydrogen-bond donors (Lipinski definition) is 1. The standard InChI is InChI=1S/C13H20ClN3OS.ClH/c1-16(9-11-3-4-12(14)19-11)13(18)10-17-7-2-5-15-6-8-17;/h3-4,15H,2,5-10H2,1H3;1H. The molecule has 1 aromatic rings. The summed E-state index contributed by atoms with van der Waals surface area (Å²) in [4.78, 5) is 17.3. The number of nitrogens with one attached hydrogen (secondary N) is 1. The van der Waals surface area contributed by atoms with Crippen LogP contribution in [0.15, 0.2) is 12.1 Å². The Kier molecular flexibility index (Phi) is 7.84. The molecule has 114 valence electrons. The zero-order valence-corrected chi connectivity index (χ0v) is 14.0. The van der Waals surface area contributed by atoms with E-state index in [1.54, 1.807) is 4.90 Å². The highest BCUT2D eigenvalue weighted by Crippen LogP contribution is 2.22. The molecule has 4 nitrogen and oxygen atoms in total. The Bertz CT molecular complexity index is 420. The largest absolute Gasteiger partial charge is 0.340 e. The number of likely N-dealkylation sites (N-methyl/N-ethyl adjacent to an activating group) is 1. The van der Waals surface area contributed by atoms with Crippen LogP contribution in [-0.2, 0) is 11.3 Å². The number of amides is 1. The quantitative estimate of drug-likeness (QED) is 0.913. The highest BCUT2D eigenvalue weighted by atomic mass is 35.5. The highest BCUT2D eigenvalue weighted by molar-refractivity contribution is 7.16. The van der Waals surface area contributed by atoms with Crippen molar-refractivity contribution in [2.75, 3.05) is 39.8 Å². The Balaban J connectivity index is 0.00000200. The number of nitrogens with zero attached hydrogens (tertiary/aromatic N) is 2. The summed E-state index contributed by atoms with van der Waals surface area (Å²) in [6, 6.07) is 3.85. The molecule has 1 aliphatic rings. The molecule has 1 fully saturated rings. The van der Waals surface area contributed by atoms with E-state index in [-0.39, 0.29) is 18.3 Å². The van der Waals surface area contributed by atoms with Crippen molar-refractivity contribution < 1.29 is 4.79 Å². The lowest BCUT2D eigenvalue weighted by atomic mass is 10.3. The molecule has 1 saturated heterocycles. The number of carbonyl (C=O) groups is 1. The van der Waals surface area contributed by atoms with Gasteiger partial charge in [-0.3, -0.25) is 9.69 Å². The number of rotatable bonds is 4. The lowest BCUT2D eigenvalue weighted by Crippen LogP contribution is -2.39. The summed E-state index contributed by atoms with van der Waals surface area (Å²) in [5.74, 6) is 0.173. The van der Waals surface area contributed by atoms with Crippen molar-refractivity contribution in [1.82, 2.24) is 15.1 Å². The van der Waals surface area contributed by atoms with E-state index in [4.69, 9.17) is 11.6 Å². The van der Waals surface area contributed by atoms with Crippen LogP contribution in [0.1, 0.15) is 11.3 Å². The monoisotopic (exact) mass is 337 g/mol. The van der Waals surface area contributed by atoms with Crippen molar-refractivity contribution >= 4 is 41.3 Å². The Hall–Kier alpha value is -0.330. The fourth-order valence-electron chi connectivity index (χ4n) is 2.13. The van der Waals surface area contributed by atoms with Crippen LogP contribution in [0, 0.1) is 0 Å². The van der Waals surface area contributed by atoms with Gasteiger partial charge in [0.05, 0.1) is 17.4 Å². The molecule has 2 heterocycles. The minimum absolute atomic E-state index is 0. The average Bonchev–Trinajstić information content (AvgIpc) is 2.64. The Morgan fingerprint density at radius 1 is 1.45 bits per heavy atom. The first-order valence-corrected chi connectivity index (χ1v) is 7.76. The second-order valence-electron chi connectivity index (χ2n) is 4.84. The summed E-state index contributed by atoms with van der Waals surface area (Å²) in [5.41, 5.74) is 0. The van der Waals surface area contributed by atoms with Gasteiger partial charge >= 0.3 is 0 Å². The molecule has 1 amide bonds. The fraction of sp³-hybridized carbons (Fsp3) is 0.615. The lowest BCUT2D eigenvalue weighted by Gasteiger charge is -2.23. The summed E-state index contributed by atoms with van der Waals surface area (Å²) < 4.78 is 0.773. The molecule has 2 rings (SSSR count). The van der Waals surface area contributed by atoms with E-state index < -0.39 is 0 Å². The van der Waals surface area contributed by atoms with Crippen LogP contribution in [0.2, 0.25) is 4.34 Å². The van der Waals surface area contributed by atoms with E-state index >= 15 is 0 Å². The fourth-order valence-corrected chi connectivity index (χ4v) is 3.27. The molecule has 0 radical (unpaired) electrons. The van der Waals surface area contributed by atoms with E-state index in [2.05, 4.69) is 10.2 Å². The molecule has 0 aromatic carbocycles. The normalized spacial score (nSPS) is 16.3. The first kappa shape index (κ1) is 17.7. The van der Waals surface area contributed by atoms with E-state index in [0.29, 0.717) is 13.1 Å². The third-order valence-corrected chi connectivity index (χ3v) is 4.46. The minimum Gasteiger partial charge on any atom is -0.340 e. The maximum absolute atomic E-state index is 12.2. The molecule has 0 atom stereocenters. The van der Waals surface area contributed by atoms with Gasteiger partial charge in [-0.25, -0.2) is 0 Å². The van der Waals surface area contributed by atoms with Gasteiger partial charge in [0, 0.05) is 25.0 Å². The molecule has 1 N–H and O–H groups in total. The van der Waals surface area contributed by atoms with Gasteiger partial charge in [-0.1, -0.05) is 11.6 Å². The summed E-state index contributed by atoms with van der Waals surface area (Å²) in [6.07, 6.45) is 1.11. The van der Waals surface area contributed by atoms with Crippen LogP contribution >= 0.6 is 35.3 Å². The Morgan fingerprint density at radius 3 is 2.95 bits per heavy atom. The summed E-state index contributed by atoms with van der Waals surface area (Å²) in [5, 5.41) is 3.34. The van der Waals surface area contributed by atoms with Gasteiger partial charge in [-0.15, -0.1) is 23.7 Å². The molecule has 0 spiro atoms. The smallest absolute Gasteiger partial charge is 0.236 e. The predicted molar refractivity (Wildman–Crippen MR) is 87.0 cm³/mol. The molecule has 1 aromatic heterocycles. The van der Waals surface area contributed by atoms with Gasteiger partial charge in [0.1, 0.15) is 0 Å². The van der Waals surface area contributed by atoms with Crippen LogP contribution in [-0.4, -0.2) is 55.5 Å². The average molecular weight is 338 g/mol.